The second-order valence-corrected chi connectivity index (χ2v) is 11.0. The Kier molecular flexibility index (Phi) is 22.2. The zero-order valence-corrected chi connectivity index (χ0v) is 32.8. The number of carbonyl (C=O) groups is 4. The van der Waals surface area contributed by atoms with Gasteiger partial charge in [0.2, 0.25) is 0 Å². The summed E-state index contributed by atoms with van der Waals surface area (Å²) in [5.41, 5.74) is 0.649. The predicted octanol–water partition coefficient (Wildman–Crippen LogP) is 10.9. The van der Waals surface area contributed by atoms with Crippen LogP contribution in [-0.2, 0) is 45.4 Å². The number of aliphatic hydroxyl groups excluding tert-OH is 4. The van der Waals surface area contributed by atoms with Gasteiger partial charge in [0, 0.05) is 72.8 Å². The van der Waals surface area contributed by atoms with Crippen molar-refractivity contribution in [2.24, 2.45) is 0 Å². The molecular formula is C40H28F12O8Zr. The Morgan fingerprint density at radius 1 is 0.311 bits per heavy atom. The minimum atomic E-state index is -4.96. The second-order valence-electron chi connectivity index (χ2n) is 11.0. The molecule has 61 heavy (non-hydrogen) atoms. The fraction of sp³-hybridized carbons (Fsp3) is 0.100. The van der Waals surface area contributed by atoms with Crippen LogP contribution in [0.5, 0.6) is 0 Å². The number of carbonyl (C=O) groups excluding carboxylic acids is 4. The van der Waals surface area contributed by atoms with Crippen LogP contribution in [0.3, 0.4) is 0 Å². The Balaban J connectivity index is 0.000000783. The van der Waals surface area contributed by atoms with Crippen molar-refractivity contribution in [1.29, 1.82) is 0 Å². The molecule has 0 fully saturated rings. The largest absolute Gasteiger partial charge is 0.507 e. The predicted molar refractivity (Wildman–Crippen MR) is 192 cm³/mol. The summed E-state index contributed by atoms with van der Waals surface area (Å²) in [6.45, 7) is 0. The van der Waals surface area contributed by atoms with Gasteiger partial charge >= 0.3 is 24.7 Å². The maximum Gasteiger partial charge on any atom is 0.454 e. The van der Waals surface area contributed by atoms with Crippen LogP contribution in [-0.4, -0.2) is 68.3 Å². The molecular weight excluding hydrogens is 928 g/mol. The van der Waals surface area contributed by atoms with E-state index in [0.717, 1.165) is 0 Å². The molecule has 8 nitrogen and oxygen atoms in total. The van der Waals surface area contributed by atoms with E-state index in [1.807, 2.05) is 0 Å². The van der Waals surface area contributed by atoms with Gasteiger partial charge in [0.15, 0.2) is 0 Å². The van der Waals surface area contributed by atoms with Gasteiger partial charge in [0.05, 0.1) is 0 Å². The molecule has 0 aromatic heterocycles. The Morgan fingerprint density at radius 3 is 0.557 bits per heavy atom. The van der Waals surface area contributed by atoms with Crippen LogP contribution >= 0.6 is 0 Å². The summed E-state index contributed by atoms with van der Waals surface area (Å²) in [7, 11) is 0. The van der Waals surface area contributed by atoms with Gasteiger partial charge in [-0.1, -0.05) is 121 Å². The van der Waals surface area contributed by atoms with Crippen LogP contribution in [0.2, 0.25) is 0 Å². The minimum Gasteiger partial charge on any atom is -0.507 e. The Bertz CT molecular complexity index is 1830. The van der Waals surface area contributed by atoms with Gasteiger partial charge in [-0.15, -0.1) is 0 Å². The van der Waals surface area contributed by atoms with Crippen LogP contribution in [0.4, 0.5) is 52.7 Å². The molecule has 0 amide bonds. The molecule has 324 valence electrons. The average Bonchev–Trinajstić information content (AvgIpc) is 3.18. The van der Waals surface area contributed by atoms with Crippen molar-refractivity contribution < 1.29 is 118 Å². The molecule has 0 aliphatic carbocycles. The molecule has 4 N–H and O–H groups in total. The van der Waals surface area contributed by atoms with Crippen molar-refractivity contribution in [3.8, 4) is 0 Å². The average molecular weight is 956 g/mol. The summed E-state index contributed by atoms with van der Waals surface area (Å²) >= 11 is 0. The van der Waals surface area contributed by atoms with Gasteiger partial charge < -0.3 is 20.4 Å². The van der Waals surface area contributed by atoms with Crippen molar-refractivity contribution in [3.05, 3.63) is 168 Å². The van der Waals surface area contributed by atoms with Crippen LogP contribution in [0.15, 0.2) is 146 Å². The van der Waals surface area contributed by atoms with Gasteiger partial charge in [-0.25, -0.2) is 0 Å². The first-order valence-corrected chi connectivity index (χ1v) is 15.9. The number of halogens is 12. The van der Waals surface area contributed by atoms with Crippen molar-refractivity contribution >= 4 is 46.2 Å². The number of hydrogen-bond donors (Lipinski definition) is 4. The molecule has 0 spiro atoms. The van der Waals surface area contributed by atoms with E-state index >= 15 is 0 Å². The van der Waals surface area contributed by atoms with E-state index in [4.69, 9.17) is 0 Å². The maximum atomic E-state index is 11.8. The number of ketones is 4. The first-order chi connectivity index (χ1) is 27.6. The molecule has 0 unspecified atom stereocenters. The third kappa shape index (κ3) is 21.5. The minimum absolute atomic E-state index is 0. The van der Waals surface area contributed by atoms with E-state index < -0.39 is 70.9 Å². The fourth-order valence-electron chi connectivity index (χ4n) is 3.59. The number of allylic oxidation sites excluding steroid dienone is 4. The first kappa shape index (κ1) is 54.8. The third-order valence-corrected chi connectivity index (χ3v) is 6.47. The quantitative estimate of drug-likeness (QED) is 0.0775. The molecule has 0 radical (unpaired) electrons. The monoisotopic (exact) mass is 954 g/mol. The zero-order valence-electron chi connectivity index (χ0n) is 30.3. The van der Waals surface area contributed by atoms with Crippen molar-refractivity contribution in [2.75, 3.05) is 0 Å². The van der Waals surface area contributed by atoms with E-state index in [-0.39, 0.29) is 72.8 Å². The van der Waals surface area contributed by atoms with Crippen LogP contribution in [0.1, 0.15) is 22.3 Å². The molecule has 0 bridgehead atoms. The third-order valence-electron chi connectivity index (χ3n) is 6.47. The van der Waals surface area contributed by atoms with Crippen molar-refractivity contribution in [3.63, 3.8) is 0 Å². The first-order valence-electron chi connectivity index (χ1n) is 15.9. The normalized spacial score (nSPS) is 12.4. The van der Waals surface area contributed by atoms with Gasteiger partial charge in [-0.2, -0.15) is 52.7 Å². The van der Waals surface area contributed by atoms with E-state index in [0.29, 0.717) is 0 Å². The molecule has 0 atom stereocenters. The molecule has 4 rings (SSSR count). The van der Waals surface area contributed by atoms with E-state index in [9.17, 15) is 92.3 Å². The van der Waals surface area contributed by atoms with Crippen LogP contribution in [0, 0.1) is 0 Å². The fourth-order valence-corrected chi connectivity index (χ4v) is 3.59. The summed E-state index contributed by atoms with van der Waals surface area (Å²) in [6.07, 6.45) is -19.2. The summed E-state index contributed by atoms with van der Waals surface area (Å²) < 4.78 is 142. The number of hydrogen-bond acceptors (Lipinski definition) is 8. The standard InChI is InChI=1S/4C10H7F3O2.Zr/c4*11-10(12,13)9(15)6-8(14)7-4-2-1-3-5-7;/h4*1-6,14H;/b4*8-6-;. The molecule has 21 heteroatoms. The summed E-state index contributed by atoms with van der Waals surface area (Å²) in [5.74, 6) is -11.1. The Morgan fingerprint density at radius 2 is 0.443 bits per heavy atom. The molecule has 0 aliphatic heterocycles. The number of rotatable bonds is 8. The van der Waals surface area contributed by atoms with E-state index in [1.54, 1.807) is 24.3 Å². The maximum absolute atomic E-state index is 11.8. The van der Waals surface area contributed by atoms with Crippen molar-refractivity contribution in [2.45, 2.75) is 24.7 Å². The van der Waals surface area contributed by atoms with Gasteiger partial charge in [0.25, 0.3) is 23.1 Å². The number of benzene rings is 4. The number of alkyl halides is 12. The molecule has 4 aromatic rings. The summed E-state index contributed by atoms with van der Waals surface area (Å²) in [5, 5.41) is 36.8. The summed E-state index contributed by atoms with van der Waals surface area (Å²) in [6, 6.07) is 30.1. The molecule has 0 aliphatic rings. The van der Waals surface area contributed by atoms with Gasteiger partial charge in [0.1, 0.15) is 23.0 Å². The SMILES string of the molecule is O=C(/C=C(\O)c1ccccc1)C(F)(F)F.O=C(/C=C(\O)c1ccccc1)C(F)(F)F.O=C(/C=C(\O)c1ccccc1)C(F)(F)F.O=C(/C=C(\O)c1ccccc1)C(F)(F)F.[Zr]. The molecule has 0 saturated heterocycles. The topological polar surface area (TPSA) is 149 Å². The van der Waals surface area contributed by atoms with Crippen LogP contribution in [0.25, 0.3) is 23.0 Å². The Hall–Kier alpha value is -6.24. The second kappa shape index (κ2) is 24.8. The van der Waals surface area contributed by atoms with Gasteiger partial charge in [-0.05, 0) is 0 Å². The molecule has 0 heterocycles. The molecule has 0 saturated carbocycles. The van der Waals surface area contributed by atoms with E-state index in [1.165, 1.54) is 97.1 Å². The smallest absolute Gasteiger partial charge is 0.454 e. The Labute approximate surface area is 356 Å². The van der Waals surface area contributed by atoms with Crippen LogP contribution < -0.4 is 0 Å². The van der Waals surface area contributed by atoms with E-state index in [2.05, 4.69) is 0 Å². The number of aliphatic hydroxyl groups is 4. The zero-order chi connectivity index (χ0) is 45.9. The summed E-state index contributed by atoms with van der Waals surface area (Å²) in [4.78, 5) is 41.9. The van der Waals surface area contributed by atoms with Gasteiger partial charge in [-0.3, -0.25) is 19.2 Å². The van der Waals surface area contributed by atoms with Crippen molar-refractivity contribution in [1.82, 2.24) is 0 Å². The molecule has 4 aromatic carbocycles.